The number of aromatic nitrogens is 2. The van der Waals surface area contributed by atoms with Gasteiger partial charge in [0.05, 0.1) is 12.3 Å². The summed E-state index contributed by atoms with van der Waals surface area (Å²) in [6.45, 7) is 5.52. The third-order valence-corrected chi connectivity index (χ3v) is 4.14. The molecule has 0 bridgehead atoms. The molecule has 3 aromatic rings. The maximum absolute atomic E-state index is 12.0. The highest BCUT2D eigenvalue weighted by Crippen LogP contribution is 2.26. The third kappa shape index (κ3) is 3.07. The zero-order valence-corrected chi connectivity index (χ0v) is 13.8. The molecule has 2 aromatic heterocycles. The van der Waals surface area contributed by atoms with Gasteiger partial charge in [0.2, 0.25) is 5.91 Å². The lowest BCUT2D eigenvalue weighted by Crippen LogP contribution is -2.07. The number of carbonyl (C=O) groups excluding carboxylic acids is 2. The zero-order valence-electron chi connectivity index (χ0n) is 13.0. The number of nitrogens with zero attached hydrogens (tertiary/aromatic N) is 2. The average Bonchev–Trinajstić information content (AvgIpc) is 3.15. The molecule has 0 fully saturated rings. The molecule has 1 N–H and O–H groups in total. The Bertz CT molecular complexity index is 926. The smallest absolute Gasteiger partial charge is 0.356 e. The van der Waals surface area contributed by atoms with Gasteiger partial charge >= 0.3 is 5.97 Å². The van der Waals surface area contributed by atoms with Crippen molar-refractivity contribution in [1.82, 2.24) is 9.38 Å². The molecule has 0 radical (unpaired) electrons. The van der Waals surface area contributed by atoms with E-state index < -0.39 is 0 Å². The van der Waals surface area contributed by atoms with Gasteiger partial charge in [-0.2, -0.15) is 0 Å². The molecule has 0 aliphatic carbocycles. The van der Waals surface area contributed by atoms with E-state index in [2.05, 4.69) is 16.9 Å². The highest BCUT2D eigenvalue weighted by atomic mass is 32.1. The first-order valence-corrected chi connectivity index (χ1v) is 8.18. The largest absolute Gasteiger partial charge is 0.461 e. The molecule has 3 rings (SSSR count). The van der Waals surface area contributed by atoms with Crippen molar-refractivity contribution in [1.29, 1.82) is 0 Å². The number of hydrogen-bond donors (Lipinski definition) is 1. The molecule has 0 saturated heterocycles. The minimum Gasteiger partial charge on any atom is -0.461 e. The summed E-state index contributed by atoms with van der Waals surface area (Å²) < 4.78 is 6.76. The van der Waals surface area contributed by atoms with Crippen LogP contribution in [0.2, 0.25) is 0 Å². The normalized spacial score (nSPS) is 10.5. The number of thiazole rings is 1. The number of rotatable bonds is 5. The fourth-order valence-electron chi connectivity index (χ4n) is 2.22. The molecule has 7 heteroatoms. The molecule has 122 valence electrons. The van der Waals surface area contributed by atoms with Crippen LogP contribution >= 0.6 is 11.3 Å². The first-order chi connectivity index (χ1) is 11.6. The van der Waals surface area contributed by atoms with Crippen LogP contribution in [0.5, 0.6) is 0 Å². The Balaban J connectivity index is 1.95. The molecule has 1 amide bonds. The second kappa shape index (κ2) is 6.67. The Morgan fingerprint density at radius 1 is 1.46 bits per heavy atom. The fraction of sp³-hybridized carbons (Fsp3) is 0.118. The van der Waals surface area contributed by atoms with Crippen LogP contribution < -0.4 is 5.32 Å². The number of nitrogens with one attached hydrogen (secondary N) is 1. The first kappa shape index (κ1) is 15.9. The molecule has 0 spiro atoms. The monoisotopic (exact) mass is 341 g/mol. The summed E-state index contributed by atoms with van der Waals surface area (Å²) in [6, 6.07) is 7.32. The molecule has 0 aliphatic rings. The summed E-state index contributed by atoms with van der Waals surface area (Å²) >= 11 is 1.37. The van der Waals surface area contributed by atoms with Crippen molar-refractivity contribution in [2.75, 3.05) is 11.9 Å². The zero-order chi connectivity index (χ0) is 17.1. The van der Waals surface area contributed by atoms with E-state index in [4.69, 9.17) is 4.74 Å². The molecule has 1 aromatic carbocycles. The molecular weight excluding hydrogens is 326 g/mol. The lowest BCUT2D eigenvalue weighted by Gasteiger charge is -2.04. The number of benzene rings is 1. The molecule has 0 unspecified atom stereocenters. The highest BCUT2D eigenvalue weighted by Gasteiger charge is 2.16. The Kier molecular flexibility index (Phi) is 4.43. The molecule has 0 aliphatic heterocycles. The number of fused-ring (bicyclic) bond motifs is 1. The van der Waals surface area contributed by atoms with Crippen LogP contribution in [0.15, 0.2) is 48.5 Å². The van der Waals surface area contributed by atoms with Crippen molar-refractivity contribution in [3.63, 3.8) is 0 Å². The fourth-order valence-corrected chi connectivity index (χ4v) is 3.07. The van der Waals surface area contributed by atoms with Gasteiger partial charge in [0, 0.05) is 22.8 Å². The topological polar surface area (TPSA) is 72.7 Å². The molecule has 2 heterocycles. The van der Waals surface area contributed by atoms with E-state index in [0.29, 0.717) is 28.6 Å². The van der Waals surface area contributed by atoms with Gasteiger partial charge in [0.1, 0.15) is 5.69 Å². The second-order valence-electron chi connectivity index (χ2n) is 4.89. The SMILES string of the molecule is C=CC(=O)Nc1cccc(-c2cn3c(C(=O)OCC)csc3n2)c1. The molecule has 24 heavy (non-hydrogen) atoms. The molecule has 0 saturated carbocycles. The number of hydrogen-bond acceptors (Lipinski definition) is 5. The molecule has 0 atom stereocenters. The van der Waals surface area contributed by atoms with Crippen molar-refractivity contribution in [3.8, 4) is 11.3 Å². The van der Waals surface area contributed by atoms with E-state index in [1.807, 2.05) is 18.2 Å². The van der Waals surface area contributed by atoms with Gasteiger partial charge in [-0.05, 0) is 25.1 Å². The van der Waals surface area contributed by atoms with E-state index in [1.165, 1.54) is 17.4 Å². The number of carbonyl (C=O) groups is 2. The highest BCUT2D eigenvalue weighted by molar-refractivity contribution is 7.15. The first-order valence-electron chi connectivity index (χ1n) is 7.30. The van der Waals surface area contributed by atoms with Crippen LogP contribution in [0.3, 0.4) is 0 Å². The quantitative estimate of drug-likeness (QED) is 0.570. The maximum atomic E-state index is 12.0. The van der Waals surface area contributed by atoms with E-state index in [-0.39, 0.29) is 11.9 Å². The Labute approximate surface area is 142 Å². The van der Waals surface area contributed by atoms with E-state index in [0.717, 1.165) is 5.56 Å². The van der Waals surface area contributed by atoms with Crippen molar-refractivity contribution < 1.29 is 14.3 Å². The van der Waals surface area contributed by atoms with Crippen molar-refractivity contribution >= 4 is 33.9 Å². The minimum atomic E-state index is -0.375. The van der Waals surface area contributed by atoms with Crippen molar-refractivity contribution in [2.24, 2.45) is 0 Å². The van der Waals surface area contributed by atoms with Crippen LogP contribution in [0.25, 0.3) is 16.2 Å². The van der Waals surface area contributed by atoms with Crippen LogP contribution in [-0.2, 0) is 9.53 Å². The van der Waals surface area contributed by atoms with E-state index >= 15 is 0 Å². The minimum absolute atomic E-state index is 0.275. The predicted octanol–water partition coefficient (Wildman–Crippen LogP) is 3.36. The van der Waals surface area contributed by atoms with Gasteiger partial charge in [0.15, 0.2) is 4.96 Å². The van der Waals surface area contributed by atoms with E-state index in [9.17, 15) is 9.59 Å². The lowest BCUT2D eigenvalue weighted by atomic mass is 10.1. The Hall–Kier alpha value is -2.93. The number of anilines is 1. The number of amides is 1. The van der Waals surface area contributed by atoms with Crippen LogP contribution in [0.1, 0.15) is 17.4 Å². The van der Waals surface area contributed by atoms with Crippen LogP contribution in [0.4, 0.5) is 5.69 Å². The maximum Gasteiger partial charge on any atom is 0.356 e. The van der Waals surface area contributed by atoms with Gasteiger partial charge in [-0.15, -0.1) is 11.3 Å². The Morgan fingerprint density at radius 2 is 2.29 bits per heavy atom. The summed E-state index contributed by atoms with van der Waals surface area (Å²) in [7, 11) is 0. The van der Waals surface area contributed by atoms with Crippen LogP contribution in [-0.4, -0.2) is 27.9 Å². The second-order valence-corrected chi connectivity index (χ2v) is 5.73. The van der Waals surface area contributed by atoms with Crippen molar-refractivity contribution in [3.05, 3.63) is 54.2 Å². The summed E-state index contributed by atoms with van der Waals surface area (Å²) in [5.41, 5.74) is 2.65. The van der Waals surface area contributed by atoms with Gasteiger partial charge in [-0.3, -0.25) is 9.20 Å². The van der Waals surface area contributed by atoms with Gasteiger partial charge < -0.3 is 10.1 Å². The molecular formula is C17H15N3O3S. The average molecular weight is 341 g/mol. The van der Waals surface area contributed by atoms with Gasteiger partial charge in [-0.25, -0.2) is 9.78 Å². The summed E-state index contributed by atoms with van der Waals surface area (Å²) in [5.74, 6) is -0.651. The Morgan fingerprint density at radius 3 is 3.04 bits per heavy atom. The van der Waals surface area contributed by atoms with Gasteiger partial charge in [-0.1, -0.05) is 18.7 Å². The number of ether oxygens (including phenoxy) is 1. The molecule has 6 nitrogen and oxygen atoms in total. The number of imidazole rings is 1. The summed E-state index contributed by atoms with van der Waals surface area (Å²) in [4.78, 5) is 28.6. The standard InChI is InChI=1S/C17H15N3O3S/c1-3-15(21)18-12-7-5-6-11(8-12)13-9-20-14(16(22)23-4-2)10-24-17(20)19-13/h3,5-10H,1,4H2,2H3,(H,18,21). The summed E-state index contributed by atoms with van der Waals surface area (Å²) in [5, 5.41) is 4.44. The summed E-state index contributed by atoms with van der Waals surface area (Å²) in [6.07, 6.45) is 3.00. The van der Waals surface area contributed by atoms with Crippen molar-refractivity contribution in [2.45, 2.75) is 6.92 Å². The lowest BCUT2D eigenvalue weighted by molar-refractivity contribution is -0.111. The van der Waals surface area contributed by atoms with Crippen LogP contribution in [0, 0.1) is 0 Å². The third-order valence-electron chi connectivity index (χ3n) is 3.30. The predicted molar refractivity (Wildman–Crippen MR) is 93.3 cm³/mol. The van der Waals surface area contributed by atoms with Gasteiger partial charge in [0.25, 0.3) is 0 Å². The van der Waals surface area contributed by atoms with E-state index in [1.54, 1.807) is 29.0 Å². The number of esters is 1.